The minimum Gasteiger partial charge on any atom is -0.482 e. The highest BCUT2D eigenvalue weighted by atomic mass is 32.2. The lowest BCUT2D eigenvalue weighted by atomic mass is 10.2. The van der Waals surface area contributed by atoms with E-state index in [2.05, 4.69) is 4.57 Å². The fraction of sp³-hybridized carbons (Fsp3) is 0.375. The zero-order valence-electron chi connectivity index (χ0n) is 19.5. The molecule has 1 saturated heterocycles. The Morgan fingerprint density at radius 2 is 2.03 bits per heavy atom. The fourth-order valence-corrected chi connectivity index (χ4v) is 5.92. The van der Waals surface area contributed by atoms with Crippen LogP contribution in [0.1, 0.15) is 28.9 Å². The summed E-state index contributed by atoms with van der Waals surface area (Å²) in [5.74, 6) is 1.14. The van der Waals surface area contributed by atoms with Gasteiger partial charge in [-0.2, -0.15) is 0 Å². The topological polar surface area (TPSA) is 108 Å². The van der Waals surface area contributed by atoms with Gasteiger partial charge in [0.15, 0.2) is 11.8 Å². The van der Waals surface area contributed by atoms with E-state index in [9.17, 15) is 13.2 Å². The summed E-state index contributed by atoms with van der Waals surface area (Å²) in [4.78, 5) is 21.1. The quantitative estimate of drug-likeness (QED) is 0.378. The molecule has 1 aliphatic carbocycles. The Kier molecular flexibility index (Phi) is 5.08. The zero-order chi connectivity index (χ0) is 24.3. The molecule has 11 heteroatoms. The Bertz CT molecular complexity index is 1590. The van der Waals surface area contributed by atoms with Crippen LogP contribution in [-0.2, 0) is 21.3 Å². The van der Waals surface area contributed by atoms with Crippen LogP contribution in [0.2, 0.25) is 0 Å². The van der Waals surface area contributed by atoms with Gasteiger partial charge in [-0.25, -0.2) is 22.7 Å². The van der Waals surface area contributed by atoms with Crippen molar-refractivity contribution in [3.05, 3.63) is 41.6 Å². The van der Waals surface area contributed by atoms with Gasteiger partial charge in [0.1, 0.15) is 29.1 Å². The Balaban J connectivity index is 1.55. The summed E-state index contributed by atoms with van der Waals surface area (Å²) in [6.07, 6.45) is 3.08. The molecule has 0 radical (unpaired) electrons. The highest BCUT2D eigenvalue weighted by molar-refractivity contribution is 7.92. The second kappa shape index (κ2) is 8.06. The SMILES string of the molecule is COc1cc(C=O)cc2nc(-c3cc4ccc(N5CCOCS5(=O)=O)nc4n3CC3CC3)c(C)n12. The van der Waals surface area contributed by atoms with E-state index in [1.165, 1.54) is 4.31 Å². The summed E-state index contributed by atoms with van der Waals surface area (Å²) in [7, 11) is -2.00. The number of hydrogen-bond donors (Lipinski definition) is 0. The van der Waals surface area contributed by atoms with E-state index in [1.54, 1.807) is 25.3 Å². The molecule has 2 aliphatic rings. The number of aryl methyl sites for hydroxylation is 1. The van der Waals surface area contributed by atoms with Gasteiger partial charge in [0.2, 0.25) is 0 Å². The number of imidazole rings is 1. The molecule has 5 heterocycles. The molecular formula is C24H25N5O5S. The number of anilines is 1. The third-order valence-electron chi connectivity index (χ3n) is 6.66. The van der Waals surface area contributed by atoms with Crippen LogP contribution in [0.25, 0.3) is 28.1 Å². The number of carbonyl (C=O) groups excluding carboxylic acids is 1. The van der Waals surface area contributed by atoms with Gasteiger partial charge in [-0.3, -0.25) is 9.20 Å². The van der Waals surface area contributed by atoms with Gasteiger partial charge in [-0.05, 0) is 49.9 Å². The average molecular weight is 496 g/mol. The van der Waals surface area contributed by atoms with Gasteiger partial charge in [0.05, 0.1) is 31.6 Å². The largest absolute Gasteiger partial charge is 0.482 e. The van der Waals surface area contributed by atoms with E-state index in [0.29, 0.717) is 35.4 Å². The minimum absolute atomic E-state index is 0.238. The number of hydrogen-bond acceptors (Lipinski definition) is 7. The maximum atomic E-state index is 12.6. The number of sulfonamides is 1. The minimum atomic E-state index is -3.57. The number of rotatable bonds is 6. The lowest BCUT2D eigenvalue weighted by Gasteiger charge is -2.27. The molecule has 0 unspecified atom stereocenters. The Labute approximate surface area is 202 Å². The van der Waals surface area contributed by atoms with Gasteiger partial charge in [-0.1, -0.05) is 0 Å². The number of methoxy groups -OCH3 is 1. The molecule has 0 N–H and O–H groups in total. The standard InChI is InChI=1S/C24H25N5O5S/c1-15-23(25-21-9-17(13-30)10-22(33-2)29(15)21)19-11-18-5-6-20(28-7-8-34-14-35(28,31)32)26-24(18)27(19)12-16-3-4-16/h5-6,9-11,13,16H,3-4,7-8,12,14H2,1-2H3. The van der Waals surface area contributed by atoms with Crippen LogP contribution in [-0.4, -0.2) is 59.8 Å². The van der Waals surface area contributed by atoms with Gasteiger partial charge in [-0.15, -0.1) is 0 Å². The maximum Gasteiger partial charge on any atom is 0.260 e. The second-order valence-electron chi connectivity index (χ2n) is 9.06. The molecule has 4 aromatic rings. The first kappa shape index (κ1) is 22.1. The highest BCUT2D eigenvalue weighted by Crippen LogP contribution is 2.37. The van der Waals surface area contributed by atoms with Gasteiger partial charge in [0, 0.05) is 23.6 Å². The van der Waals surface area contributed by atoms with Gasteiger partial charge in [0.25, 0.3) is 10.0 Å². The van der Waals surface area contributed by atoms with E-state index in [-0.39, 0.29) is 12.5 Å². The van der Waals surface area contributed by atoms with E-state index >= 15 is 0 Å². The van der Waals surface area contributed by atoms with Crippen LogP contribution in [0.3, 0.4) is 0 Å². The van der Waals surface area contributed by atoms with Crippen molar-refractivity contribution < 1.29 is 22.7 Å². The predicted octanol–water partition coefficient (Wildman–Crippen LogP) is 3.01. The molecule has 4 aromatic heterocycles. The Hall–Kier alpha value is -3.44. The Morgan fingerprint density at radius 3 is 2.74 bits per heavy atom. The fourth-order valence-electron chi connectivity index (χ4n) is 4.72. The molecular weight excluding hydrogens is 470 g/mol. The zero-order valence-corrected chi connectivity index (χ0v) is 20.3. The van der Waals surface area contributed by atoms with E-state index < -0.39 is 10.0 Å². The van der Waals surface area contributed by atoms with E-state index in [0.717, 1.165) is 53.8 Å². The summed E-state index contributed by atoms with van der Waals surface area (Å²) < 4.78 is 41.2. The number of aromatic nitrogens is 4. The Morgan fingerprint density at radius 1 is 1.20 bits per heavy atom. The van der Waals surface area contributed by atoms with Crippen LogP contribution in [0.15, 0.2) is 30.3 Å². The lowest BCUT2D eigenvalue weighted by Crippen LogP contribution is -2.41. The molecule has 35 heavy (non-hydrogen) atoms. The monoisotopic (exact) mass is 495 g/mol. The number of nitrogens with zero attached hydrogens (tertiary/aromatic N) is 5. The van der Waals surface area contributed by atoms with Crippen LogP contribution in [0, 0.1) is 12.8 Å². The van der Waals surface area contributed by atoms with Crippen molar-refractivity contribution in [1.29, 1.82) is 0 Å². The first-order chi connectivity index (χ1) is 16.9. The molecule has 0 amide bonds. The average Bonchev–Trinajstić information content (AvgIpc) is 3.52. The molecule has 182 valence electrons. The highest BCUT2D eigenvalue weighted by Gasteiger charge is 2.30. The summed E-state index contributed by atoms with van der Waals surface area (Å²) in [5.41, 5.74) is 4.38. The van der Waals surface area contributed by atoms with Crippen LogP contribution < -0.4 is 9.04 Å². The third kappa shape index (κ3) is 3.66. The first-order valence-electron chi connectivity index (χ1n) is 11.5. The number of carbonyl (C=O) groups is 1. The second-order valence-corrected chi connectivity index (χ2v) is 10.9. The van der Waals surface area contributed by atoms with Gasteiger partial charge < -0.3 is 14.0 Å². The normalized spacial score (nSPS) is 17.8. The van der Waals surface area contributed by atoms with Crippen LogP contribution in [0.4, 0.5) is 5.82 Å². The number of ether oxygens (including phenoxy) is 2. The van der Waals surface area contributed by atoms with E-state index in [1.807, 2.05) is 23.5 Å². The smallest absolute Gasteiger partial charge is 0.260 e. The first-order valence-corrected chi connectivity index (χ1v) is 13.1. The van der Waals surface area contributed by atoms with Crippen molar-refractivity contribution in [3.63, 3.8) is 0 Å². The summed E-state index contributed by atoms with van der Waals surface area (Å²) >= 11 is 0. The summed E-state index contributed by atoms with van der Waals surface area (Å²) in [6, 6.07) is 9.12. The summed E-state index contributed by atoms with van der Waals surface area (Å²) in [6.45, 7) is 3.31. The molecule has 6 rings (SSSR count). The van der Waals surface area contributed by atoms with Crippen molar-refractivity contribution in [1.82, 2.24) is 18.9 Å². The lowest BCUT2D eigenvalue weighted by molar-refractivity contribution is 0.112. The molecule has 2 fully saturated rings. The molecule has 0 spiro atoms. The van der Waals surface area contributed by atoms with Crippen LogP contribution in [0.5, 0.6) is 5.88 Å². The molecule has 10 nitrogen and oxygen atoms in total. The molecule has 1 aliphatic heterocycles. The van der Waals surface area contributed by atoms with Crippen molar-refractivity contribution in [2.45, 2.75) is 26.3 Å². The predicted molar refractivity (Wildman–Crippen MR) is 130 cm³/mol. The number of aldehydes is 1. The molecule has 0 atom stereocenters. The van der Waals surface area contributed by atoms with Gasteiger partial charge >= 0.3 is 0 Å². The third-order valence-corrected chi connectivity index (χ3v) is 8.16. The molecule has 0 aromatic carbocycles. The van der Waals surface area contributed by atoms with Crippen molar-refractivity contribution >= 4 is 38.8 Å². The van der Waals surface area contributed by atoms with Crippen molar-refractivity contribution in [2.24, 2.45) is 5.92 Å². The number of fused-ring (bicyclic) bond motifs is 2. The maximum absolute atomic E-state index is 12.6. The molecule has 1 saturated carbocycles. The number of pyridine rings is 2. The van der Waals surface area contributed by atoms with E-state index in [4.69, 9.17) is 19.4 Å². The van der Waals surface area contributed by atoms with Crippen molar-refractivity contribution in [3.8, 4) is 17.3 Å². The van der Waals surface area contributed by atoms with Crippen LogP contribution >= 0.6 is 0 Å². The summed E-state index contributed by atoms with van der Waals surface area (Å²) in [5, 5.41) is 0.909. The molecule has 0 bridgehead atoms. The van der Waals surface area contributed by atoms with Crippen molar-refractivity contribution in [2.75, 3.05) is 30.5 Å².